The van der Waals surface area contributed by atoms with Crippen LogP contribution in [0.3, 0.4) is 0 Å². The van der Waals surface area contributed by atoms with Crippen LogP contribution in [0.25, 0.3) is 11.1 Å². The fraction of sp³-hybridized carbons (Fsp3) is 0.364. The van der Waals surface area contributed by atoms with Crippen LogP contribution in [-0.4, -0.2) is 39.4 Å². The minimum absolute atomic E-state index is 0.376. The minimum atomic E-state index is 0.376. The van der Waals surface area contributed by atoms with Crippen LogP contribution in [0.5, 0.6) is 11.6 Å². The van der Waals surface area contributed by atoms with E-state index >= 15 is 0 Å². The molecule has 6 heteroatoms. The van der Waals surface area contributed by atoms with Crippen molar-refractivity contribution < 1.29 is 9.47 Å². The number of fused-ring (bicyclic) bond motifs is 1. The van der Waals surface area contributed by atoms with Crippen molar-refractivity contribution in [1.29, 1.82) is 0 Å². The summed E-state index contributed by atoms with van der Waals surface area (Å²) in [5.41, 5.74) is 4.89. The fourth-order valence-corrected chi connectivity index (χ4v) is 4.13. The van der Waals surface area contributed by atoms with Crippen molar-refractivity contribution in [2.45, 2.75) is 25.4 Å². The number of aryl methyl sites for hydroxylation is 1. The first-order valence-electron chi connectivity index (χ1n) is 9.84. The molecule has 5 rings (SSSR count). The molecule has 144 valence electrons. The molecule has 4 heterocycles. The Balaban J connectivity index is 1.32. The number of benzene rings is 1. The number of hydrogen-bond acceptors (Lipinski definition) is 5. The summed E-state index contributed by atoms with van der Waals surface area (Å²) in [7, 11) is 1.94. The summed E-state index contributed by atoms with van der Waals surface area (Å²) in [4.78, 5) is 7.00. The molecule has 1 aromatic carbocycles. The third kappa shape index (κ3) is 3.36. The van der Waals surface area contributed by atoms with Crippen LogP contribution < -0.4 is 9.47 Å². The minimum Gasteiger partial charge on any atom is -0.484 e. The molecule has 1 saturated heterocycles. The van der Waals surface area contributed by atoms with E-state index in [1.54, 1.807) is 0 Å². The maximum absolute atomic E-state index is 5.72. The Morgan fingerprint density at radius 1 is 1.07 bits per heavy atom. The first-order chi connectivity index (χ1) is 13.8. The Morgan fingerprint density at radius 2 is 1.93 bits per heavy atom. The van der Waals surface area contributed by atoms with Gasteiger partial charge >= 0.3 is 0 Å². The van der Waals surface area contributed by atoms with Gasteiger partial charge in [0.2, 0.25) is 0 Å². The summed E-state index contributed by atoms with van der Waals surface area (Å²) in [5.74, 6) is 1.39. The quantitative estimate of drug-likeness (QED) is 0.697. The van der Waals surface area contributed by atoms with Crippen molar-refractivity contribution in [3.63, 3.8) is 0 Å². The first kappa shape index (κ1) is 17.3. The molecule has 28 heavy (non-hydrogen) atoms. The van der Waals surface area contributed by atoms with Crippen molar-refractivity contribution in [3.05, 3.63) is 60.0 Å². The Morgan fingerprint density at radius 3 is 2.75 bits per heavy atom. The molecule has 1 atom stereocenters. The number of rotatable bonds is 4. The molecule has 0 spiro atoms. The van der Waals surface area contributed by atoms with Gasteiger partial charge in [-0.1, -0.05) is 24.3 Å². The Kier molecular flexibility index (Phi) is 4.49. The first-order valence-corrected chi connectivity index (χ1v) is 9.84. The molecule has 0 N–H and O–H groups in total. The number of ether oxygens (including phenoxy) is 2. The van der Waals surface area contributed by atoms with E-state index in [0.29, 0.717) is 25.1 Å². The van der Waals surface area contributed by atoms with E-state index in [9.17, 15) is 0 Å². The zero-order chi connectivity index (χ0) is 18.9. The van der Waals surface area contributed by atoms with Gasteiger partial charge in [0.1, 0.15) is 13.2 Å². The molecule has 0 bridgehead atoms. The lowest BCUT2D eigenvalue weighted by atomic mass is 10.0. The molecule has 0 aliphatic carbocycles. The van der Waals surface area contributed by atoms with E-state index < -0.39 is 0 Å². The van der Waals surface area contributed by atoms with Gasteiger partial charge in [0.15, 0.2) is 5.75 Å². The Bertz CT molecular complexity index is 967. The molecule has 0 saturated carbocycles. The van der Waals surface area contributed by atoms with Gasteiger partial charge in [-0.2, -0.15) is 5.10 Å². The molecular weight excluding hydrogens is 352 g/mol. The SMILES string of the molecule is Cn1cc(-c2ccc(CN3CCCC3c3cnc4c(c3)OCCO4)cc2)cn1. The summed E-state index contributed by atoms with van der Waals surface area (Å²) in [5, 5.41) is 4.26. The predicted octanol–water partition coefficient (Wildman–Crippen LogP) is 3.59. The maximum Gasteiger partial charge on any atom is 0.257 e. The predicted molar refractivity (Wildman–Crippen MR) is 106 cm³/mol. The third-order valence-corrected chi connectivity index (χ3v) is 5.55. The van der Waals surface area contributed by atoms with Crippen LogP contribution in [0, 0.1) is 0 Å². The normalized spacial score (nSPS) is 19.1. The lowest BCUT2D eigenvalue weighted by Crippen LogP contribution is -2.23. The Labute approximate surface area is 164 Å². The summed E-state index contributed by atoms with van der Waals surface area (Å²) >= 11 is 0. The van der Waals surface area contributed by atoms with E-state index in [1.165, 1.54) is 23.1 Å². The van der Waals surface area contributed by atoms with Gasteiger partial charge in [-0.15, -0.1) is 0 Å². The largest absolute Gasteiger partial charge is 0.484 e. The topological polar surface area (TPSA) is 52.4 Å². The molecule has 2 aliphatic rings. The van der Waals surface area contributed by atoms with Crippen LogP contribution in [0.15, 0.2) is 48.9 Å². The summed E-state index contributed by atoms with van der Waals surface area (Å²) in [6.45, 7) is 3.20. The summed E-state index contributed by atoms with van der Waals surface area (Å²) in [6.07, 6.45) is 8.24. The second kappa shape index (κ2) is 7.28. The lowest BCUT2D eigenvalue weighted by molar-refractivity contribution is 0.163. The third-order valence-electron chi connectivity index (χ3n) is 5.55. The molecule has 2 aromatic heterocycles. The van der Waals surface area contributed by atoms with E-state index in [4.69, 9.17) is 9.47 Å². The van der Waals surface area contributed by atoms with E-state index in [-0.39, 0.29) is 0 Å². The highest BCUT2D eigenvalue weighted by atomic mass is 16.6. The van der Waals surface area contributed by atoms with Crippen molar-refractivity contribution in [2.75, 3.05) is 19.8 Å². The van der Waals surface area contributed by atoms with E-state index in [2.05, 4.69) is 45.3 Å². The maximum atomic E-state index is 5.72. The Hall–Kier alpha value is -2.86. The van der Waals surface area contributed by atoms with Crippen LogP contribution in [-0.2, 0) is 13.6 Å². The van der Waals surface area contributed by atoms with Crippen molar-refractivity contribution in [1.82, 2.24) is 19.7 Å². The van der Waals surface area contributed by atoms with Gasteiger partial charge in [-0.3, -0.25) is 9.58 Å². The number of nitrogens with zero attached hydrogens (tertiary/aromatic N) is 4. The van der Waals surface area contributed by atoms with Crippen molar-refractivity contribution >= 4 is 0 Å². The molecule has 0 radical (unpaired) electrons. The zero-order valence-corrected chi connectivity index (χ0v) is 16.0. The average Bonchev–Trinajstić information content (AvgIpc) is 3.37. The van der Waals surface area contributed by atoms with Gasteiger partial charge in [0, 0.05) is 37.6 Å². The van der Waals surface area contributed by atoms with Crippen LogP contribution in [0.2, 0.25) is 0 Å². The van der Waals surface area contributed by atoms with Gasteiger partial charge in [-0.25, -0.2) is 4.98 Å². The highest BCUT2D eigenvalue weighted by Gasteiger charge is 2.27. The zero-order valence-electron chi connectivity index (χ0n) is 16.0. The van der Waals surface area contributed by atoms with E-state index in [1.807, 2.05) is 30.3 Å². The number of pyridine rings is 1. The molecular formula is C22H24N4O2. The van der Waals surface area contributed by atoms with Gasteiger partial charge < -0.3 is 9.47 Å². The monoisotopic (exact) mass is 376 g/mol. The van der Waals surface area contributed by atoms with Gasteiger partial charge in [0.05, 0.1) is 6.20 Å². The molecule has 0 amide bonds. The second-order valence-corrected chi connectivity index (χ2v) is 7.50. The smallest absolute Gasteiger partial charge is 0.257 e. The number of hydrogen-bond donors (Lipinski definition) is 0. The number of likely N-dealkylation sites (tertiary alicyclic amines) is 1. The van der Waals surface area contributed by atoms with Gasteiger partial charge in [-0.05, 0) is 42.1 Å². The van der Waals surface area contributed by atoms with Crippen LogP contribution in [0.4, 0.5) is 0 Å². The molecule has 6 nitrogen and oxygen atoms in total. The van der Waals surface area contributed by atoms with Gasteiger partial charge in [0.25, 0.3) is 5.88 Å². The molecule has 3 aromatic rings. The summed E-state index contributed by atoms with van der Waals surface area (Å²) < 4.78 is 13.1. The summed E-state index contributed by atoms with van der Waals surface area (Å²) in [6, 6.07) is 11.3. The molecule has 2 aliphatic heterocycles. The van der Waals surface area contributed by atoms with Crippen molar-refractivity contribution in [3.8, 4) is 22.8 Å². The number of aromatic nitrogens is 3. The highest BCUT2D eigenvalue weighted by Crippen LogP contribution is 2.37. The molecule has 1 unspecified atom stereocenters. The van der Waals surface area contributed by atoms with Crippen LogP contribution >= 0.6 is 0 Å². The lowest BCUT2D eigenvalue weighted by Gasteiger charge is -2.26. The van der Waals surface area contributed by atoms with E-state index in [0.717, 1.165) is 30.8 Å². The molecule has 1 fully saturated rings. The van der Waals surface area contributed by atoms with Crippen LogP contribution in [0.1, 0.15) is 30.0 Å². The highest BCUT2D eigenvalue weighted by molar-refractivity contribution is 5.61. The second-order valence-electron chi connectivity index (χ2n) is 7.50. The average molecular weight is 376 g/mol. The standard InChI is InChI=1S/C22H24N4O2/c1-25-15-19(13-24-25)17-6-4-16(5-7-17)14-26-8-2-3-20(26)18-11-21-22(23-12-18)28-10-9-27-21/h4-7,11-13,15,20H,2-3,8-10,14H2,1H3. The van der Waals surface area contributed by atoms with Crippen molar-refractivity contribution in [2.24, 2.45) is 7.05 Å². The fourth-order valence-electron chi connectivity index (χ4n) is 4.13.